The highest BCUT2D eigenvalue weighted by atomic mass is 16.2. The lowest BCUT2D eigenvalue weighted by Crippen LogP contribution is -2.38. The van der Waals surface area contributed by atoms with Crippen LogP contribution in [0.4, 0.5) is 0 Å². The predicted molar refractivity (Wildman–Crippen MR) is 102 cm³/mol. The topological polar surface area (TPSA) is 41.4 Å². The van der Waals surface area contributed by atoms with Crippen LogP contribution in [0.5, 0.6) is 0 Å². The smallest absolute Gasteiger partial charge is 0.242 e. The first kappa shape index (κ1) is 16.3. The number of aromatic nitrogens is 2. The molecular weight excluding hydrogens is 324 g/mol. The maximum absolute atomic E-state index is 13.0. The SMILES string of the molecule is Cc1cnc2c(c1)c1c(n2CC(=O)N2CCCCC2)CCN2CCCC12. The van der Waals surface area contributed by atoms with Crippen LogP contribution in [-0.4, -0.2) is 51.4 Å². The molecule has 5 rings (SSSR count). The third-order valence-electron chi connectivity index (χ3n) is 6.52. The molecule has 0 saturated carbocycles. The molecule has 0 spiro atoms. The summed E-state index contributed by atoms with van der Waals surface area (Å²) in [5.41, 5.74) is 5.05. The predicted octanol–water partition coefficient (Wildman–Crippen LogP) is 3.05. The summed E-state index contributed by atoms with van der Waals surface area (Å²) in [4.78, 5) is 22.4. The zero-order chi connectivity index (χ0) is 17.7. The van der Waals surface area contributed by atoms with Gasteiger partial charge in [-0.25, -0.2) is 4.98 Å². The monoisotopic (exact) mass is 352 g/mol. The maximum Gasteiger partial charge on any atom is 0.242 e. The van der Waals surface area contributed by atoms with Gasteiger partial charge in [0.25, 0.3) is 0 Å². The summed E-state index contributed by atoms with van der Waals surface area (Å²) in [6, 6.07) is 2.81. The molecule has 0 bridgehead atoms. The third kappa shape index (κ3) is 2.56. The summed E-state index contributed by atoms with van der Waals surface area (Å²) < 4.78 is 2.25. The fourth-order valence-corrected chi connectivity index (χ4v) is 5.26. The van der Waals surface area contributed by atoms with Crippen molar-refractivity contribution in [2.75, 3.05) is 26.2 Å². The molecule has 5 heteroatoms. The number of fused-ring (bicyclic) bond motifs is 5. The van der Waals surface area contributed by atoms with E-state index in [-0.39, 0.29) is 5.91 Å². The largest absolute Gasteiger partial charge is 0.341 e. The van der Waals surface area contributed by atoms with Crippen molar-refractivity contribution in [2.24, 2.45) is 0 Å². The van der Waals surface area contributed by atoms with Crippen LogP contribution in [0.15, 0.2) is 12.3 Å². The van der Waals surface area contributed by atoms with Gasteiger partial charge in [-0.1, -0.05) is 0 Å². The highest BCUT2D eigenvalue weighted by molar-refractivity contribution is 5.86. The van der Waals surface area contributed by atoms with Crippen molar-refractivity contribution >= 4 is 16.9 Å². The van der Waals surface area contributed by atoms with E-state index in [1.807, 2.05) is 6.20 Å². The van der Waals surface area contributed by atoms with Crippen molar-refractivity contribution < 1.29 is 4.79 Å². The molecule has 0 aromatic carbocycles. The number of amides is 1. The van der Waals surface area contributed by atoms with Crippen LogP contribution in [0.2, 0.25) is 0 Å². The second-order valence-electron chi connectivity index (χ2n) is 8.22. The average molecular weight is 352 g/mol. The molecule has 2 aromatic heterocycles. The summed E-state index contributed by atoms with van der Waals surface area (Å²) in [5.74, 6) is 0.264. The van der Waals surface area contributed by atoms with E-state index in [1.165, 1.54) is 48.0 Å². The molecule has 3 aliphatic rings. The number of carbonyl (C=O) groups excluding carboxylic acids is 1. The summed E-state index contributed by atoms with van der Waals surface area (Å²) in [5, 5.41) is 1.28. The Hall–Kier alpha value is -1.88. The molecule has 0 aliphatic carbocycles. The third-order valence-corrected chi connectivity index (χ3v) is 6.52. The van der Waals surface area contributed by atoms with Crippen molar-refractivity contribution in [3.05, 3.63) is 29.1 Å². The molecule has 5 nitrogen and oxygen atoms in total. The number of hydrogen-bond donors (Lipinski definition) is 0. The van der Waals surface area contributed by atoms with E-state index in [4.69, 9.17) is 4.98 Å². The molecule has 26 heavy (non-hydrogen) atoms. The minimum atomic E-state index is 0.264. The van der Waals surface area contributed by atoms with Gasteiger partial charge in [0.2, 0.25) is 5.91 Å². The number of nitrogens with zero attached hydrogens (tertiary/aromatic N) is 4. The Kier molecular flexibility index (Phi) is 4.00. The first-order valence-electron chi connectivity index (χ1n) is 10.2. The summed E-state index contributed by atoms with van der Waals surface area (Å²) >= 11 is 0. The van der Waals surface area contributed by atoms with Crippen molar-refractivity contribution in [2.45, 2.75) is 58.0 Å². The molecule has 2 fully saturated rings. The maximum atomic E-state index is 13.0. The van der Waals surface area contributed by atoms with E-state index in [2.05, 4.69) is 27.4 Å². The summed E-state index contributed by atoms with van der Waals surface area (Å²) in [6.45, 7) is 6.73. The van der Waals surface area contributed by atoms with E-state index >= 15 is 0 Å². The number of pyridine rings is 1. The minimum absolute atomic E-state index is 0.264. The van der Waals surface area contributed by atoms with Crippen molar-refractivity contribution in [3.8, 4) is 0 Å². The summed E-state index contributed by atoms with van der Waals surface area (Å²) in [7, 11) is 0. The van der Waals surface area contributed by atoms with Gasteiger partial charge in [0.05, 0.1) is 0 Å². The zero-order valence-electron chi connectivity index (χ0n) is 15.7. The first-order chi connectivity index (χ1) is 12.7. The van der Waals surface area contributed by atoms with Crippen LogP contribution in [0.1, 0.15) is 55.0 Å². The molecule has 1 unspecified atom stereocenters. The molecule has 1 atom stereocenters. The number of aryl methyl sites for hydroxylation is 1. The van der Waals surface area contributed by atoms with Gasteiger partial charge in [-0.15, -0.1) is 0 Å². The molecule has 138 valence electrons. The number of rotatable bonds is 2. The number of hydrogen-bond acceptors (Lipinski definition) is 3. The van der Waals surface area contributed by atoms with Crippen LogP contribution in [0, 0.1) is 6.92 Å². The van der Waals surface area contributed by atoms with Gasteiger partial charge in [-0.3, -0.25) is 9.69 Å². The van der Waals surface area contributed by atoms with E-state index in [0.29, 0.717) is 12.6 Å². The Bertz CT molecular complexity index is 849. The van der Waals surface area contributed by atoms with Crippen LogP contribution >= 0.6 is 0 Å². The molecule has 3 aliphatic heterocycles. The Balaban J connectivity index is 1.58. The van der Waals surface area contributed by atoms with E-state index < -0.39 is 0 Å². The van der Waals surface area contributed by atoms with E-state index in [1.54, 1.807) is 0 Å². The van der Waals surface area contributed by atoms with E-state index in [0.717, 1.165) is 44.5 Å². The zero-order valence-corrected chi connectivity index (χ0v) is 15.7. The lowest BCUT2D eigenvalue weighted by molar-refractivity contribution is -0.132. The quantitative estimate of drug-likeness (QED) is 0.834. The number of likely N-dealkylation sites (tertiary alicyclic amines) is 1. The van der Waals surface area contributed by atoms with Crippen LogP contribution < -0.4 is 0 Å². The normalized spacial score (nSPS) is 23.3. The lowest BCUT2D eigenvalue weighted by Gasteiger charge is -2.31. The second-order valence-corrected chi connectivity index (χ2v) is 8.22. The lowest BCUT2D eigenvalue weighted by atomic mass is 9.96. The van der Waals surface area contributed by atoms with Crippen LogP contribution in [0.25, 0.3) is 11.0 Å². The molecule has 0 N–H and O–H groups in total. The molecular formula is C21H28N4O. The minimum Gasteiger partial charge on any atom is -0.341 e. The first-order valence-corrected chi connectivity index (χ1v) is 10.2. The highest BCUT2D eigenvalue weighted by Crippen LogP contribution is 2.42. The van der Waals surface area contributed by atoms with E-state index in [9.17, 15) is 4.79 Å². The Morgan fingerprint density at radius 3 is 2.85 bits per heavy atom. The standard InChI is InChI=1S/C21H28N4O/c1-15-12-16-20-17-6-5-10-23(17)11-7-18(20)25(21(16)22-13-15)14-19(26)24-8-3-2-4-9-24/h12-13,17H,2-11,14H2,1H3. The number of carbonyl (C=O) groups is 1. The second kappa shape index (κ2) is 6.38. The van der Waals surface area contributed by atoms with Crippen LogP contribution in [0.3, 0.4) is 0 Å². The Morgan fingerprint density at radius 2 is 2.00 bits per heavy atom. The highest BCUT2D eigenvalue weighted by Gasteiger charge is 2.36. The Morgan fingerprint density at radius 1 is 1.15 bits per heavy atom. The number of piperidine rings is 1. The fourth-order valence-electron chi connectivity index (χ4n) is 5.26. The van der Waals surface area contributed by atoms with Gasteiger partial charge in [-0.2, -0.15) is 0 Å². The average Bonchev–Trinajstić information content (AvgIpc) is 3.25. The molecule has 1 amide bonds. The molecule has 0 radical (unpaired) electrons. The van der Waals surface area contributed by atoms with Crippen LogP contribution in [-0.2, 0) is 17.8 Å². The summed E-state index contributed by atoms with van der Waals surface area (Å²) in [6.07, 6.45) is 9.04. The van der Waals surface area contributed by atoms with Gasteiger partial charge in [0, 0.05) is 49.4 Å². The molecule has 5 heterocycles. The van der Waals surface area contributed by atoms with Crippen molar-refractivity contribution in [1.82, 2.24) is 19.4 Å². The molecule has 2 aromatic rings. The van der Waals surface area contributed by atoms with Gasteiger partial charge in [0.15, 0.2) is 0 Å². The van der Waals surface area contributed by atoms with Crippen molar-refractivity contribution in [3.63, 3.8) is 0 Å². The van der Waals surface area contributed by atoms with Gasteiger partial charge < -0.3 is 9.47 Å². The molecule has 2 saturated heterocycles. The van der Waals surface area contributed by atoms with Crippen molar-refractivity contribution in [1.29, 1.82) is 0 Å². The van der Waals surface area contributed by atoms with Gasteiger partial charge >= 0.3 is 0 Å². The fraction of sp³-hybridized carbons (Fsp3) is 0.619. The van der Waals surface area contributed by atoms with Gasteiger partial charge in [-0.05, 0) is 62.8 Å². The Labute approximate surface area is 155 Å². The van der Waals surface area contributed by atoms with Gasteiger partial charge in [0.1, 0.15) is 12.2 Å².